The van der Waals surface area contributed by atoms with Crippen LogP contribution in [0, 0.1) is 11.6 Å². The maximum atomic E-state index is 13.5. The van der Waals surface area contributed by atoms with Gasteiger partial charge in [-0.05, 0) is 67.6 Å². The minimum absolute atomic E-state index is 0.370. The van der Waals surface area contributed by atoms with E-state index in [0.717, 1.165) is 15.2 Å². The van der Waals surface area contributed by atoms with Crippen LogP contribution in [0.15, 0.2) is 96.7 Å². The third-order valence-electron chi connectivity index (χ3n) is 4.31. The average molecular weight is 411 g/mol. The van der Waals surface area contributed by atoms with Gasteiger partial charge in [-0.3, -0.25) is 0 Å². The van der Waals surface area contributed by atoms with Crippen LogP contribution in [0.5, 0.6) is 5.75 Å². The maximum absolute atomic E-state index is 13.5. The lowest BCUT2D eigenvalue weighted by atomic mass is 10.2. The highest BCUT2D eigenvalue weighted by molar-refractivity contribution is 7.97. The molecular formula is C23H17F2O3S+. The van der Waals surface area contributed by atoms with E-state index in [1.807, 2.05) is 19.1 Å². The van der Waals surface area contributed by atoms with Gasteiger partial charge in [0.25, 0.3) is 4.90 Å². The van der Waals surface area contributed by atoms with E-state index >= 15 is 0 Å². The second kappa shape index (κ2) is 8.09. The summed E-state index contributed by atoms with van der Waals surface area (Å²) in [7, 11) is -0.878. The maximum Gasteiger partial charge on any atom is 0.393 e. The Morgan fingerprint density at radius 3 is 2.00 bits per heavy atom. The van der Waals surface area contributed by atoms with Gasteiger partial charge >= 0.3 is 5.63 Å². The van der Waals surface area contributed by atoms with E-state index in [2.05, 4.69) is 0 Å². The Morgan fingerprint density at radius 1 is 0.862 bits per heavy atom. The Kier molecular flexibility index (Phi) is 5.36. The van der Waals surface area contributed by atoms with Crippen molar-refractivity contribution in [1.29, 1.82) is 0 Å². The minimum atomic E-state index is -0.878. The summed E-state index contributed by atoms with van der Waals surface area (Å²) in [6, 6.07) is 19.0. The molecule has 0 unspecified atom stereocenters. The van der Waals surface area contributed by atoms with Crippen LogP contribution in [0.25, 0.3) is 11.0 Å². The van der Waals surface area contributed by atoms with Crippen molar-refractivity contribution in [3.8, 4) is 5.75 Å². The van der Waals surface area contributed by atoms with E-state index in [4.69, 9.17) is 9.15 Å². The highest BCUT2D eigenvalue weighted by Gasteiger charge is 2.33. The fourth-order valence-corrected chi connectivity index (χ4v) is 5.05. The fraction of sp³-hybridized carbons (Fsp3) is 0.0870. The van der Waals surface area contributed by atoms with Crippen LogP contribution in [0.4, 0.5) is 8.78 Å². The van der Waals surface area contributed by atoms with E-state index in [9.17, 15) is 13.6 Å². The molecule has 3 aromatic carbocycles. The van der Waals surface area contributed by atoms with E-state index in [0.29, 0.717) is 22.8 Å². The summed E-state index contributed by atoms with van der Waals surface area (Å²) in [6.07, 6.45) is 0. The predicted octanol–water partition coefficient (Wildman–Crippen LogP) is 5.57. The molecule has 6 heteroatoms. The largest absolute Gasteiger partial charge is 0.494 e. The molecule has 0 aliphatic heterocycles. The molecule has 0 aliphatic rings. The van der Waals surface area contributed by atoms with Crippen molar-refractivity contribution >= 4 is 21.9 Å². The molecular weight excluding hydrogens is 394 g/mol. The lowest BCUT2D eigenvalue weighted by molar-refractivity contribution is 0.340. The zero-order valence-corrected chi connectivity index (χ0v) is 16.3. The Hall–Kier alpha value is -3.12. The summed E-state index contributed by atoms with van der Waals surface area (Å²) in [6.45, 7) is 2.38. The van der Waals surface area contributed by atoms with Crippen molar-refractivity contribution in [3.63, 3.8) is 0 Å². The van der Waals surface area contributed by atoms with Crippen molar-refractivity contribution in [2.75, 3.05) is 6.61 Å². The summed E-state index contributed by atoms with van der Waals surface area (Å²) in [5.74, 6) is -0.122. The van der Waals surface area contributed by atoms with Crippen molar-refractivity contribution < 1.29 is 17.9 Å². The van der Waals surface area contributed by atoms with Gasteiger partial charge < -0.3 is 9.15 Å². The molecule has 146 valence electrons. The first-order valence-electron chi connectivity index (χ1n) is 9.01. The van der Waals surface area contributed by atoms with Crippen LogP contribution in [0.2, 0.25) is 0 Å². The van der Waals surface area contributed by atoms with Crippen LogP contribution in [0.3, 0.4) is 0 Å². The highest BCUT2D eigenvalue weighted by atomic mass is 32.2. The predicted molar refractivity (Wildman–Crippen MR) is 109 cm³/mol. The summed E-state index contributed by atoms with van der Waals surface area (Å²) in [4.78, 5) is 14.8. The molecule has 0 bridgehead atoms. The topological polar surface area (TPSA) is 39.4 Å². The molecule has 0 saturated carbocycles. The Labute approximate surface area is 168 Å². The van der Waals surface area contributed by atoms with Crippen LogP contribution < -0.4 is 10.4 Å². The first-order chi connectivity index (χ1) is 14.0. The summed E-state index contributed by atoms with van der Waals surface area (Å²) in [5, 5.41) is 0.741. The van der Waals surface area contributed by atoms with Gasteiger partial charge in [-0.25, -0.2) is 13.6 Å². The Bertz CT molecular complexity index is 1160. The zero-order chi connectivity index (χ0) is 20.4. The molecule has 4 aromatic rings. The number of ether oxygens (including phenoxy) is 1. The molecule has 0 radical (unpaired) electrons. The molecule has 0 atom stereocenters. The SMILES string of the molecule is CCOc1ccc2cc([S+](c3ccc(F)cc3)c3ccc(F)cc3)c(=O)oc2c1. The highest BCUT2D eigenvalue weighted by Crippen LogP contribution is 2.32. The molecule has 0 spiro atoms. The van der Waals surface area contributed by atoms with Crippen molar-refractivity contribution in [2.45, 2.75) is 21.6 Å². The van der Waals surface area contributed by atoms with Gasteiger partial charge in [-0.15, -0.1) is 0 Å². The lowest BCUT2D eigenvalue weighted by Gasteiger charge is -2.08. The standard InChI is InChI=1S/C23H17F2O3S/c1-2-27-18-8-3-15-13-22(23(26)28-21(15)14-18)29(19-9-4-16(24)5-10-19)20-11-6-17(25)7-12-20/h3-14H,2H2,1H3/q+1. The number of hydrogen-bond donors (Lipinski definition) is 0. The van der Waals surface area contributed by atoms with E-state index < -0.39 is 16.5 Å². The molecule has 0 amide bonds. The monoisotopic (exact) mass is 411 g/mol. The molecule has 29 heavy (non-hydrogen) atoms. The van der Waals surface area contributed by atoms with Crippen LogP contribution in [0.1, 0.15) is 6.92 Å². The van der Waals surface area contributed by atoms with E-state index in [-0.39, 0.29) is 11.6 Å². The summed E-state index contributed by atoms with van der Waals surface area (Å²) >= 11 is 0. The molecule has 3 nitrogen and oxygen atoms in total. The molecule has 4 rings (SSSR count). The molecule has 0 saturated heterocycles. The summed E-state index contributed by atoms with van der Waals surface area (Å²) < 4.78 is 38.0. The van der Waals surface area contributed by atoms with Crippen LogP contribution in [-0.4, -0.2) is 6.61 Å². The van der Waals surface area contributed by atoms with Gasteiger partial charge in [0, 0.05) is 17.5 Å². The Morgan fingerprint density at radius 2 is 1.45 bits per heavy atom. The molecule has 0 aliphatic carbocycles. The quantitative estimate of drug-likeness (QED) is 0.319. The number of halogens is 2. The first-order valence-corrected chi connectivity index (χ1v) is 10.2. The third-order valence-corrected chi connectivity index (χ3v) is 6.52. The van der Waals surface area contributed by atoms with Gasteiger partial charge in [0.1, 0.15) is 33.9 Å². The first kappa shape index (κ1) is 19.2. The van der Waals surface area contributed by atoms with E-state index in [1.165, 1.54) is 24.3 Å². The third kappa shape index (κ3) is 4.03. The molecule has 1 heterocycles. The van der Waals surface area contributed by atoms with Crippen molar-refractivity contribution in [1.82, 2.24) is 0 Å². The fourth-order valence-electron chi connectivity index (χ4n) is 3.00. The number of hydrogen-bond acceptors (Lipinski definition) is 3. The second-order valence-electron chi connectivity index (χ2n) is 6.24. The van der Waals surface area contributed by atoms with Crippen molar-refractivity contribution in [3.05, 3.63) is 94.9 Å². The van der Waals surface area contributed by atoms with Crippen molar-refractivity contribution in [2.24, 2.45) is 0 Å². The number of fused-ring (bicyclic) bond motifs is 1. The zero-order valence-electron chi connectivity index (χ0n) is 15.5. The second-order valence-corrected chi connectivity index (χ2v) is 8.24. The average Bonchev–Trinajstić information content (AvgIpc) is 2.71. The smallest absolute Gasteiger partial charge is 0.393 e. The number of rotatable bonds is 5. The number of benzene rings is 3. The molecule has 1 aromatic heterocycles. The summed E-state index contributed by atoms with van der Waals surface area (Å²) in [5.41, 5.74) is -0.0744. The van der Waals surface area contributed by atoms with Gasteiger partial charge in [0.2, 0.25) is 0 Å². The normalized spacial score (nSPS) is 11.2. The molecule has 0 N–H and O–H groups in total. The Balaban J connectivity index is 1.89. The minimum Gasteiger partial charge on any atom is -0.494 e. The van der Waals surface area contributed by atoms with Gasteiger partial charge in [-0.1, -0.05) is 0 Å². The van der Waals surface area contributed by atoms with E-state index in [1.54, 1.807) is 36.4 Å². The van der Waals surface area contributed by atoms with Gasteiger partial charge in [-0.2, -0.15) is 0 Å². The molecule has 0 fully saturated rings. The van der Waals surface area contributed by atoms with Crippen LogP contribution >= 0.6 is 0 Å². The van der Waals surface area contributed by atoms with Gasteiger partial charge in [0.15, 0.2) is 9.79 Å². The van der Waals surface area contributed by atoms with Crippen LogP contribution in [-0.2, 0) is 10.9 Å². The van der Waals surface area contributed by atoms with Gasteiger partial charge in [0.05, 0.1) is 6.61 Å². The lowest BCUT2D eigenvalue weighted by Crippen LogP contribution is -2.15.